The van der Waals surface area contributed by atoms with Gasteiger partial charge in [0.1, 0.15) is 5.00 Å². The third-order valence-corrected chi connectivity index (χ3v) is 6.09. The van der Waals surface area contributed by atoms with Crippen molar-refractivity contribution in [2.24, 2.45) is 0 Å². The first kappa shape index (κ1) is 25.1. The Bertz CT molecular complexity index is 683. The third-order valence-electron chi connectivity index (χ3n) is 4.90. The van der Waals surface area contributed by atoms with Gasteiger partial charge in [-0.1, -0.05) is 58.3 Å². The molecule has 1 aromatic rings. The van der Waals surface area contributed by atoms with E-state index in [0.717, 1.165) is 30.6 Å². The highest BCUT2D eigenvalue weighted by molar-refractivity contribution is 7.18. The summed E-state index contributed by atoms with van der Waals surface area (Å²) in [5.41, 5.74) is 0.807. The van der Waals surface area contributed by atoms with Gasteiger partial charge in [0, 0.05) is 20.5 Å². The smallest absolute Gasteiger partial charge is 0.341 e. The fourth-order valence-electron chi connectivity index (χ4n) is 3.14. The van der Waals surface area contributed by atoms with Crippen molar-refractivity contribution in [1.82, 2.24) is 4.90 Å². The Labute approximate surface area is 179 Å². The lowest BCUT2D eigenvalue weighted by molar-refractivity contribution is -0.116. The number of rotatable bonds is 13. The summed E-state index contributed by atoms with van der Waals surface area (Å²) in [6.07, 6.45) is 11.1. The predicted octanol–water partition coefficient (Wildman–Crippen LogP) is 5.40. The Morgan fingerprint density at radius 1 is 0.966 bits per heavy atom. The number of hydrogen-bond donors (Lipinski definition) is 1. The van der Waals surface area contributed by atoms with Gasteiger partial charge in [-0.25, -0.2) is 4.79 Å². The number of thiophene rings is 1. The Morgan fingerprint density at radius 2 is 1.52 bits per heavy atom. The monoisotopic (exact) mass is 424 g/mol. The zero-order chi connectivity index (χ0) is 21.8. The molecule has 1 N–H and O–H groups in total. The molecular weight excluding hydrogens is 388 g/mol. The molecule has 0 saturated carbocycles. The van der Waals surface area contributed by atoms with Gasteiger partial charge in [0.25, 0.3) is 5.91 Å². The van der Waals surface area contributed by atoms with Gasteiger partial charge in [-0.3, -0.25) is 9.59 Å². The number of esters is 1. The zero-order valence-corrected chi connectivity index (χ0v) is 19.4. The summed E-state index contributed by atoms with van der Waals surface area (Å²) in [6.45, 7) is 3.92. The fraction of sp³-hybridized carbons (Fsp3) is 0.682. The normalized spacial score (nSPS) is 10.7. The van der Waals surface area contributed by atoms with Crippen LogP contribution in [0.4, 0.5) is 5.00 Å². The maximum Gasteiger partial charge on any atom is 0.341 e. The van der Waals surface area contributed by atoms with E-state index >= 15 is 0 Å². The molecule has 7 heteroatoms. The maximum absolute atomic E-state index is 12.4. The van der Waals surface area contributed by atoms with Crippen LogP contribution < -0.4 is 5.32 Å². The van der Waals surface area contributed by atoms with Gasteiger partial charge in [-0.15, -0.1) is 11.3 Å². The van der Waals surface area contributed by atoms with Crippen molar-refractivity contribution < 1.29 is 19.1 Å². The van der Waals surface area contributed by atoms with Crippen LogP contribution in [0.25, 0.3) is 0 Å². The van der Waals surface area contributed by atoms with E-state index in [4.69, 9.17) is 4.74 Å². The van der Waals surface area contributed by atoms with Crippen LogP contribution in [0.1, 0.15) is 96.7 Å². The van der Waals surface area contributed by atoms with Crippen LogP contribution in [0.3, 0.4) is 0 Å². The molecule has 0 fully saturated rings. The minimum atomic E-state index is -0.546. The number of carbonyl (C=O) groups excluding carboxylic acids is 3. The molecule has 0 aliphatic rings. The van der Waals surface area contributed by atoms with Crippen LogP contribution in [0.2, 0.25) is 0 Å². The van der Waals surface area contributed by atoms with E-state index in [1.165, 1.54) is 50.5 Å². The molecule has 0 atom stereocenters. The highest BCUT2D eigenvalue weighted by Gasteiger charge is 2.26. The average Bonchev–Trinajstić information content (AvgIpc) is 3.01. The molecule has 1 aromatic heterocycles. The summed E-state index contributed by atoms with van der Waals surface area (Å²) in [7, 11) is 4.60. The second-order valence-electron chi connectivity index (χ2n) is 7.58. The summed E-state index contributed by atoms with van der Waals surface area (Å²) in [5, 5.41) is 3.20. The fourth-order valence-corrected chi connectivity index (χ4v) is 4.37. The standard InChI is InChI=1S/C22H36N2O4S/c1-6-7-8-9-10-11-12-13-14-15-17(25)23-20-18(22(27)28-5)16(2)19(29-20)21(26)24(3)4/h6-15H2,1-5H3,(H,23,25). The van der Waals surface area contributed by atoms with Crippen LogP contribution in [0.5, 0.6) is 0 Å². The second-order valence-corrected chi connectivity index (χ2v) is 8.60. The SMILES string of the molecule is CCCCCCCCCCCC(=O)Nc1sc(C(=O)N(C)C)c(C)c1C(=O)OC. The maximum atomic E-state index is 12.4. The molecule has 0 spiro atoms. The molecule has 29 heavy (non-hydrogen) atoms. The topological polar surface area (TPSA) is 75.7 Å². The number of amides is 2. The number of ether oxygens (including phenoxy) is 1. The molecular formula is C22H36N2O4S. The summed E-state index contributed by atoms with van der Waals surface area (Å²) < 4.78 is 4.84. The summed E-state index contributed by atoms with van der Waals surface area (Å²) in [6, 6.07) is 0. The Morgan fingerprint density at radius 3 is 2.03 bits per heavy atom. The average molecular weight is 425 g/mol. The zero-order valence-electron chi connectivity index (χ0n) is 18.6. The first-order chi connectivity index (χ1) is 13.8. The first-order valence-electron chi connectivity index (χ1n) is 10.6. The van der Waals surface area contributed by atoms with E-state index in [-0.39, 0.29) is 17.4 Å². The molecule has 0 saturated heterocycles. The van der Waals surface area contributed by atoms with Gasteiger partial charge in [0.05, 0.1) is 17.6 Å². The molecule has 0 aliphatic heterocycles. The molecule has 164 valence electrons. The van der Waals surface area contributed by atoms with Crippen molar-refractivity contribution in [2.75, 3.05) is 26.5 Å². The van der Waals surface area contributed by atoms with Crippen molar-refractivity contribution in [3.05, 3.63) is 16.0 Å². The third kappa shape index (κ3) is 8.17. The molecule has 0 bridgehead atoms. The molecule has 1 heterocycles. The van der Waals surface area contributed by atoms with Crippen LogP contribution in [0, 0.1) is 6.92 Å². The number of carbonyl (C=O) groups is 3. The molecule has 6 nitrogen and oxygen atoms in total. The first-order valence-corrected chi connectivity index (χ1v) is 11.4. The van der Waals surface area contributed by atoms with Crippen LogP contribution in [-0.4, -0.2) is 43.9 Å². The van der Waals surface area contributed by atoms with Crippen LogP contribution >= 0.6 is 11.3 Å². The van der Waals surface area contributed by atoms with Crippen molar-refractivity contribution in [2.45, 2.75) is 78.1 Å². The Kier molecular flexibility index (Phi) is 11.6. The van der Waals surface area contributed by atoms with E-state index in [1.54, 1.807) is 21.0 Å². The Hall–Kier alpha value is -1.89. The number of hydrogen-bond acceptors (Lipinski definition) is 5. The van der Waals surface area contributed by atoms with Gasteiger partial charge in [-0.05, 0) is 18.9 Å². The van der Waals surface area contributed by atoms with Crippen molar-refractivity contribution >= 4 is 34.1 Å². The van der Waals surface area contributed by atoms with E-state index in [0.29, 0.717) is 21.9 Å². The molecule has 0 aromatic carbocycles. The Balaban J connectivity index is 2.57. The van der Waals surface area contributed by atoms with Gasteiger partial charge in [-0.2, -0.15) is 0 Å². The number of nitrogens with one attached hydrogen (secondary N) is 1. The highest BCUT2D eigenvalue weighted by Crippen LogP contribution is 2.34. The van der Waals surface area contributed by atoms with Crippen LogP contribution in [0.15, 0.2) is 0 Å². The van der Waals surface area contributed by atoms with Gasteiger partial charge in [0.15, 0.2) is 0 Å². The molecule has 2 amide bonds. The van der Waals surface area contributed by atoms with Gasteiger partial charge < -0.3 is 15.0 Å². The number of unbranched alkanes of at least 4 members (excludes halogenated alkanes) is 8. The van der Waals surface area contributed by atoms with E-state index in [1.807, 2.05) is 0 Å². The molecule has 0 radical (unpaired) electrons. The van der Waals surface area contributed by atoms with Crippen molar-refractivity contribution in [3.8, 4) is 0 Å². The summed E-state index contributed by atoms with van der Waals surface area (Å²) >= 11 is 1.13. The predicted molar refractivity (Wildman–Crippen MR) is 119 cm³/mol. The number of anilines is 1. The lowest BCUT2D eigenvalue weighted by Gasteiger charge is -2.08. The molecule has 0 aliphatic carbocycles. The lowest BCUT2D eigenvalue weighted by atomic mass is 10.1. The molecule has 0 unspecified atom stereocenters. The number of methoxy groups -OCH3 is 1. The quantitative estimate of drug-likeness (QED) is 0.339. The van der Waals surface area contributed by atoms with Crippen molar-refractivity contribution in [1.29, 1.82) is 0 Å². The minimum Gasteiger partial charge on any atom is -0.465 e. The second kappa shape index (κ2) is 13.4. The lowest BCUT2D eigenvalue weighted by Crippen LogP contribution is -2.21. The summed E-state index contributed by atoms with van der Waals surface area (Å²) in [5.74, 6) is -0.879. The summed E-state index contributed by atoms with van der Waals surface area (Å²) in [4.78, 5) is 38.8. The molecule has 1 rings (SSSR count). The van der Waals surface area contributed by atoms with Crippen molar-refractivity contribution in [3.63, 3.8) is 0 Å². The van der Waals surface area contributed by atoms with E-state index < -0.39 is 5.97 Å². The van der Waals surface area contributed by atoms with Gasteiger partial charge in [0.2, 0.25) is 5.91 Å². The number of nitrogens with zero attached hydrogens (tertiary/aromatic N) is 1. The largest absolute Gasteiger partial charge is 0.465 e. The minimum absolute atomic E-state index is 0.136. The van der Waals surface area contributed by atoms with E-state index in [2.05, 4.69) is 12.2 Å². The highest BCUT2D eigenvalue weighted by atomic mass is 32.1. The van der Waals surface area contributed by atoms with E-state index in [9.17, 15) is 14.4 Å². The van der Waals surface area contributed by atoms with Crippen LogP contribution in [-0.2, 0) is 9.53 Å². The van der Waals surface area contributed by atoms with Gasteiger partial charge >= 0.3 is 5.97 Å².